The quantitative estimate of drug-likeness (QED) is 0.550. The van der Waals surface area contributed by atoms with Crippen molar-refractivity contribution in [2.24, 2.45) is 0 Å². The fourth-order valence-corrected chi connectivity index (χ4v) is 0.773. The lowest BCUT2D eigenvalue weighted by molar-refractivity contribution is -0.527. The van der Waals surface area contributed by atoms with Gasteiger partial charge in [0.05, 0.1) is 11.6 Å². The third kappa shape index (κ3) is 1.26. The van der Waals surface area contributed by atoms with Crippen LogP contribution in [-0.4, -0.2) is 0 Å². The molecule has 0 aromatic carbocycles. The largest absolute Gasteiger partial charge is 0.268 e. The van der Waals surface area contributed by atoms with Crippen LogP contribution in [0.3, 0.4) is 0 Å². The second kappa shape index (κ2) is 2.68. The minimum atomic E-state index is 0.634. The maximum absolute atomic E-state index is 8.45. The van der Waals surface area contributed by atoms with E-state index in [4.69, 9.17) is 17.0 Å². The number of hydrogen-bond acceptors (Lipinski definition) is 1. The van der Waals surface area contributed by atoms with Crippen LogP contribution in [0.4, 0.5) is 0 Å². The molecular formula is C7H6ClN2+. The summed E-state index contributed by atoms with van der Waals surface area (Å²) in [6.07, 6.45) is 1.65. The van der Waals surface area contributed by atoms with E-state index >= 15 is 0 Å². The van der Waals surface area contributed by atoms with E-state index in [1.54, 1.807) is 18.3 Å². The van der Waals surface area contributed by atoms with Crippen molar-refractivity contribution in [2.75, 3.05) is 0 Å². The number of hydrogen-bond donors (Lipinski definition) is 0. The van der Waals surface area contributed by atoms with Crippen molar-refractivity contribution in [1.82, 2.24) is 0 Å². The molecule has 0 amide bonds. The predicted octanol–water partition coefficient (Wildman–Crippen LogP) is 1.16. The number of aromatic nitrogens is 1. The third-order valence-electron chi connectivity index (χ3n) is 1.22. The predicted molar refractivity (Wildman–Crippen MR) is 37.3 cm³/mol. The summed E-state index contributed by atoms with van der Waals surface area (Å²) in [7, 11) is 0. The van der Waals surface area contributed by atoms with Gasteiger partial charge in [-0.3, -0.25) is 0 Å². The molecule has 1 rings (SSSR count). The molecule has 0 unspecified atom stereocenters. The first-order chi connectivity index (χ1) is 4.74. The van der Waals surface area contributed by atoms with Crippen LogP contribution < -0.4 is 4.09 Å². The Hall–Kier alpha value is -1.07. The van der Waals surface area contributed by atoms with Crippen LogP contribution >= 0.6 is 11.8 Å². The van der Waals surface area contributed by atoms with E-state index in [-0.39, 0.29) is 0 Å². The van der Waals surface area contributed by atoms with Crippen molar-refractivity contribution in [3.05, 3.63) is 29.6 Å². The van der Waals surface area contributed by atoms with Crippen molar-refractivity contribution in [2.45, 2.75) is 6.92 Å². The number of nitriles is 1. The molecule has 0 aliphatic heterocycles. The van der Waals surface area contributed by atoms with Gasteiger partial charge in [-0.25, -0.2) is 0 Å². The molecule has 0 saturated heterocycles. The Bertz CT molecular complexity index is 288. The van der Waals surface area contributed by atoms with E-state index in [0.29, 0.717) is 5.56 Å². The molecule has 0 aliphatic carbocycles. The van der Waals surface area contributed by atoms with Crippen molar-refractivity contribution in [3.63, 3.8) is 0 Å². The Kier molecular flexibility index (Phi) is 1.88. The fourth-order valence-electron chi connectivity index (χ4n) is 0.668. The summed E-state index contributed by atoms with van der Waals surface area (Å²) in [6, 6.07) is 5.42. The van der Waals surface area contributed by atoms with E-state index in [9.17, 15) is 0 Å². The Morgan fingerprint density at radius 2 is 2.40 bits per heavy atom. The van der Waals surface area contributed by atoms with Crippen molar-refractivity contribution in [3.8, 4) is 6.07 Å². The summed E-state index contributed by atoms with van der Waals surface area (Å²) in [4.78, 5) is 0. The molecular weight excluding hydrogens is 148 g/mol. The zero-order valence-electron chi connectivity index (χ0n) is 5.50. The van der Waals surface area contributed by atoms with E-state index < -0.39 is 0 Å². The lowest BCUT2D eigenvalue weighted by Gasteiger charge is -1.86. The summed E-state index contributed by atoms with van der Waals surface area (Å²) in [5, 5.41) is 8.45. The second-order valence-electron chi connectivity index (χ2n) is 1.98. The van der Waals surface area contributed by atoms with Gasteiger partial charge in [-0.2, -0.15) is 5.26 Å². The van der Waals surface area contributed by atoms with Crippen LogP contribution in [0.25, 0.3) is 0 Å². The molecule has 2 nitrogen and oxygen atoms in total. The molecule has 0 spiro atoms. The Balaban J connectivity index is 3.20. The molecule has 50 valence electrons. The second-order valence-corrected chi connectivity index (χ2v) is 2.34. The highest BCUT2D eigenvalue weighted by Gasteiger charge is 2.02. The minimum absolute atomic E-state index is 0.634. The smallest absolute Gasteiger partial charge is 0.192 e. The Labute approximate surface area is 64.4 Å². The zero-order chi connectivity index (χ0) is 7.56. The number of halogens is 1. The van der Waals surface area contributed by atoms with Crippen LogP contribution in [0, 0.1) is 18.3 Å². The molecule has 10 heavy (non-hydrogen) atoms. The van der Waals surface area contributed by atoms with Crippen LogP contribution in [0.2, 0.25) is 0 Å². The Morgan fingerprint density at radius 3 is 2.90 bits per heavy atom. The molecule has 1 aromatic heterocycles. The van der Waals surface area contributed by atoms with Gasteiger partial charge >= 0.3 is 0 Å². The zero-order valence-corrected chi connectivity index (χ0v) is 6.26. The van der Waals surface area contributed by atoms with E-state index in [1.165, 1.54) is 4.09 Å². The maximum atomic E-state index is 8.45. The number of nitrogens with zero attached hydrogens (tertiary/aromatic N) is 2. The summed E-state index contributed by atoms with van der Waals surface area (Å²) in [5.41, 5.74) is 1.50. The molecule has 0 N–H and O–H groups in total. The van der Waals surface area contributed by atoms with Gasteiger partial charge in [-0.1, -0.05) is 4.09 Å². The standard InChI is InChI=1S/C7H6ClN2/c1-6-4-7(5-9)2-3-10(6)8/h2-4H,1H3/q+1. The first-order valence-electron chi connectivity index (χ1n) is 2.82. The van der Waals surface area contributed by atoms with Gasteiger partial charge in [0.1, 0.15) is 0 Å². The third-order valence-corrected chi connectivity index (χ3v) is 1.59. The van der Waals surface area contributed by atoms with Crippen molar-refractivity contribution in [1.29, 1.82) is 5.26 Å². The lowest BCUT2D eigenvalue weighted by atomic mass is 10.2. The molecule has 0 saturated carbocycles. The van der Waals surface area contributed by atoms with Gasteiger partial charge in [-0.05, 0) is 0 Å². The number of pyridine rings is 1. The monoisotopic (exact) mass is 153 g/mol. The van der Waals surface area contributed by atoms with Crippen LogP contribution in [-0.2, 0) is 0 Å². The highest BCUT2D eigenvalue weighted by Crippen LogP contribution is 1.96. The van der Waals surface area contributed by atoms with Gasteiger partial charge in [0, 0.05) is 19.1 Å². The molecule has 0 aliphatic rings. The first-order valence-corrected chi connectivity index (χ1v) is 3.16. The molecule has 0 bridgehead atoms. The summed E-state index contributed by atoms with van der Waals surface area (Å²) in [5.74, 6) is 0. The summed E-state index contributed by atoms with van der Waals surface area (Å²) >= 11 is 5.64. The average Bonchev–Trinajstić information content (AvgIpc) is 1.95. The number of aryl methyl sites for hydroxylation is 1. The minimum Gasteiger partial charge on any atom is -0.192 e. The van der Waals surface area contributed by atoms with Gasteiger partial charge in [-0.15, -0.1) is 0 Å². The van der Waals surface area contributed by atoms with Gasteiger partial charge in [0.2, 0.25) is 5.69 Å². The molecule has 0 atom stereocenters. The Morgan fingerprint density at radius 1 is 1.70 bits per heavy atom. The van der Waals surface area contributed by atoms with Gasteiger partial charge in [0.15, 0.2) is 6.20 Å². The SMILES string of the molecule is Cc1cc(C#N)cc[n+]1Cl. The molecule has 3 heteroatoms. The summed E-state index contributed by atoms with van der Waals surface area (Å²) < 4.78 is 1.45. The van der Waals surface area contributed by atoms with Crippen LogP contribution in [0.15, 0.2) is 18.3 Å². The van der Waals surface area contributed by atoms with E-state index in [1.807, 2.05) is 13.0 Å². The number of rotatable bonds is 0. The summed E-state index contributed by atoms with van der Waals surface area (Å²) in [6.45, 7) is 1.84. The van der Waals surface area contributed by atoms with Gasteiger partial charge in [0.25, 0.3) is 11.8 Å². The molecule has 1 aromatic rings. The van der Waals surface area contributed by atoms with Gasteiger partial charge < -0.3 is 0 Å². The fraction of sp³-hybridized carbons (Fsp3) is 0.143. The lowest BCUT2D eigenvalue weighted by Crippen LogP contribution is -2.23. The molecule has 0 radical (unpaired) electrons. The molecule has 1 heterocycles. The highest BCUT2D eigenvalue weighted by molar-refractivity contribution is 6.04. The average molecular weight is 154 g/mol. The van der Waals surface area contributed by atoms with Crippen molar-refractivity contribution >= 4 is 11.8 Å². The molecule has 0 fully saturated rings. The van der Waals surface area contributed by atoms with E-state index in [0.717, 1.165) is 5.69 Å². The normalized spacial score (nSPS) is 8.90. The van der Waals surface area contributed by atoms with Crippen LogP contribution in [0.1, 0.15) is 11.3 Å². The van der Waals surface area contributed by atoms with E-state index in [2.05, 4.69) is 0 Å². The van der Waals surface area contributed by atoms with Crippen LogP contribution in [0.5, 0.6) is 0 Å². The first kappa shape index (κ1) is 7.04. The maximum Gasteiger partial charge on any atom is 0.268 e. The highest BCUT2D eigenvalue weighted by atomic mass is 35.5. The van der Waals surface area contributed by atoms with Crippen molar-refractivity contribution < 1.29 is 4.09 Å². The topological polar surface area (TPSA) is 27.7 Å².